The number of aliphatic carboxylic acids is 1. The third-order valence-electron chi connectivity index (χ3n) is 4.64. The number of hydrogen-bond donors (Lipinski definition) is 3. The number of carboxylic acids is 1. The molecule has 0 aliphatic rings. The highest BCUT2D eigenvalue weighted by Gasteiger charge is 2.19. The smallest absolute Gasteiger partial charge is 0.326 e. The van der Waals surface area contributed by atoms with Crippen molar-refractivity contribution in [3.8, 4) is 0 Å². The summed E-state index contributed by atoms with van der Waals surface area (Å²) in [4.78, 5) is 34.8. The van der Waals surface area contributed by atoms with Gasteiger partial charge in [0, 0.05) is 19.4 Å². The molecule has 3 N–H and O–H groups in total. The number of nitrogens with one attached hydrogen (secondary N) is 2. The zero-order valence-electron chi connectivity index (χ0n) is 17.4. The molecule has 0 aliphatic heterocycles. The molecule has 0 bridgehead atoms. The Morgan fingerprint density at radius 2 is 1.30 bits per heavy atom. The lowest BCUT2D eigenvalue weighted by molar-refractivity contribution is -0.142. The van der Waals surface area contributed by atoms with E-state index in [9.17, 15) is 19.5 Å². The Hall–Kier alpha value is -1.59. The second-order valence-electron chi connectivity index (χ2n) is 7.28. The SMILES string of the molecule is CCCCCCCCC(=O)NC(CCCCNC(=O)CCCCC)C(=O)O. The molecule has 0 aromatic heterocycles. The molecule has 6 heteroatoms. The van der Waals surface area contributed by atoms with Crippen LogP contribution in [0.1, 0.15) is 104 Å². The van der Waals surface area contributed by atoms with Crippen LogP contribution in [0.25, 0.3) is 0 Å². The number of amides is 2. The lowest BCUT2D eigenvalue weighted by atomic mass is 10.1. The topological polar surface area (TPSA) is 95.5 Å². The first kappa shape index (κ1) is 25.4. The van der Waals surface area contributed by atoms with Crippen molar-refractivity contribution in [2.24, 2.45) is 0 Å². The van der Waals surface area contributed by atoms with Gasteiger partial charge in [-0.05, 0) is 32.1 Å². The molecule has 27 heavy (non-hydrogen) atoms. The summed E-state index contributed by atoms with van der Waals surface area (Å²) in [5.41, 5.74) is 0. The first-order valence-corrected chi connectivity index (χ1v) is 10.8. The number of carbonyl (C=O) groups excluding carboxylic acids is 2. The largest absolute Gasteiger partial charge is 0.480 e. The first-order chi connectivity index (χ1) is 13.0. The van der Waals surface area contributed by atoms with Gasteiger partial charge in [0.2, 0.25) is 11.8 Å². The Balaban J connectivity index is 3.82. The summed E-state index contributed by atoms with van der Waals surface area (Å²) in [6, 6.07) is -0.835. The van der Waals surface area contributed by atoms with Crippen molar-refractivity contribution < 1.29 is 19.5 Å². The van der Waals surface area contributed by atoms with Crippen molar-refractivity contribution in [3.63, 3.8) is 0 Å². The van der Waals surface area contributed by atoms with Crippen LogP contribution >= 0.6 is 0 Å². The minimum atomic E-state index is -0.991. The fourth-order valence-corrected chi connectivity index (χ4v) is 2.91. The molecule has 0 fully saturated rings. The standard InChI is InChI=1S/C21H40N2O4/c1-3-5-7-8-9-11-16-20(25)23-18(21(26)27)14-12-13-17-22-19(24)15-10-6-4-2/h18H,3-17H2,1-2H3,(H,22,24)(H,23,25)(H,26,27). The number of unbranched alkanes of at least 4 members (excludes halogenated alkanes) is 8. The Bertz CT molecular complexity index is 413. The van der Waals surface area contributed by atoms with Crippen molar-refractivity contribution in [3.05, 3.63) is 0 Å². The minimum Gasteiger partial charge on any atom is -0.480 e. The van der Waals surface area contributed by atoms with Crippen LogP contribution in [0.15, 0.2) is 0 Å². The summed E-state index contributed by atoms with van der Waals surface area (Å²) < 4.78 is 0. The lowest BCUT2D eigenvalue weighted by Crippen LogP contribution is -2.40. The first-order valence-electron chi connectivity index (χ1n) is 10.8. The van der Waals surface area contributed by atoms with Crippen LogP contribution in [-0.2, 0) is 14.4 Å². The van der Waals surface area contributed by atoms with Gasteiger partial charge in [0.1, 0.15) is 6.04 Å². The Morgan fingerprint density at radius 1 is 0.741 bits per heavy atom. The van der Waals surface area contributed by atoms with Gasteiger partial charge in [-0.3, -0.25) is 9.59 Å². The number of hydrogen-bond acceptors (Lipinski definition) is 3. The van der Waals surface area contributed by atoms with Crippen molar-refractivity contribution in [1.29, 1.82) is 0 Å². The highest BCUT2D eigenvalue weighted by atomic mass is 16.4. The highest BCUT2D eigenvalue weighted by Crippen LogP contribution is 2.08. The summed E-state index contributed by atoms with van der Waals surface area (Å²) >= 11 is 0. The third kappa shape index (κ3) is 16.3. The molecule has 0 aliphatic carbocycles. The predicted molar refractivity (Wildman–Crippen MR) is 109 cm³/mol. The maximum Gasteiger partial charge on any atom is 0.326 e. The molecule has 0 rings (SSSR count). The molecule has 0 spiro atoms. The molecule has 0 saturated carbocycles. The molecule has 2 amide bonds. The zero-order chi connectivity index (χ0) is 20.3. The predicted octanol–water partition coefficient (Wildman–Crippen LogP) is 4.17. The lowest BCUT2D eigenvalue weighted by Gasteiger charge is -2.14. The van der Waals surface area contributed by atoms with Gasteiger partial charge >= 0.3 is 5.97 Å². The summed E-state index contributed by atoms with van der Waals surface area (Å²) in [5.74, 6) is -1.11. The van der Waals surface area contributed by atoms with Gasteiger partial charge in [-0.25, -0.2) is 4.79 Å². The van der Waals surface area contributed by atoms with Crippen molar-refractivity contribution >= 4 is 17.8 Å². The summed E-state index contributed by atoms with van der Waals surface area (Å²) in [5, 5.41) is 14.8. The van der Waals surface area contributed by atoms with Crippen LogP contribution in [0.2, 0.25) is 0 Å². The van der Waals surface area contributed by atoms with E-state index >= 15 is 0 Å². The van der Waals surface area contributed by atoms with Gasteiger partial charge in [0.05, 0.1) is 0 Å². The quantitative estimate of drug-likeness (QED) is 0.309. The van der Waals surface area contributed by atoms with Crippen LogP contribution in [0, 0.1) is 0 Å². The summed E-state index contributed by atoms with van der Waals surface area (Å²) in [7, 11) is 0. The molecule has 0 saturated heterocycles. The van der Waals surface area contributed by atoms with Gasteiger partial charge in [0.15, 0.2) is 0 Å². The molecule has 6 nitrogen and oxygen atoms in total. The maximum atomic E-state index is 11.9. The van der Waals surface area contributed by atoms with E-state index in [0.29, 0.717) is 32.2 Å². The summed E-state index contributed by atoms with van der Waals surface area (Å²) in [6.07, 6.45) is 12.4. The molecule has 1 unspecified atom stereocenters. The average molecular weight is 385 g/mol. The van der Waals surface area contributed by atoms with E-state index in [2.05, 4.69) is 24.5 Å². The molecular formula is C21H40N2O4. The van der Waals surface area contributed by atoms with E-state index in [-0.39, 0.29) is 11.8 Å². The van der Waals surface area contributed by atoms with Crippen LogP contribution in [-0.4, -0.2) is 35.5 Å². The molecule has 1 atom stereocenters. The highest BCUT2D eigenvalue weighted by molar-refractivity contribution is 5.83. The molecule has 0 heterocycles. The van der Waals surface area contributed by atoms with Crippen molar-refractivity contribution in [1.82, 2.24) is 10.6 Å². The molecule has 0 aromatic rings. The number of rotatable bonds is 18. The van der Waals surface area contributed by atoms with E-state index < -0.39 is 12.0 Å². The zero-order valence-corrected chi connectivity index (χ0v) is 17.4. The van der Waals surface area contributed by atoms with Gasteiger partial charge < -0.3 is 15.7 Å². The molecule has 158 valence electrons. The Kier molecular flexibility index (Phi) is 16.8. The van der Waals surface area contributed by atoms with Crippen LogP contribution in [0.5, 0.6) is 0 Å². The van der Waals surface area contributed by atoms with Crippen LogP contribution in [0.4, 0.5) is 0 Å². The third-order valence-corrected chi connectivity index (χ3v) is 4.64. The van der Waals surface area contributed by atoms with Crippen molar-refractivity contribution in [2.45, 2.75) is 110 Å². The Morgan fingerprint density at radius 3 is 1.96 bits per heavy atom. The van der Waals surface area contributed by atoms with Gasteiger partial charge in [-0.2, -0.15) is 0 Å². The van der Waals surface area contributed by atoms with E-state index in [1.807, 2.05) is 0 Å². The van der Waals surface area contributed by atoms with E-state index in [4.69, 9.17) is 0 Å². The monoisotopic (exact) mass is 384 g/mol. The van der Waals surface area contributed by atoms with Gasteiger partial charge in [0.25, 0.3) is 0 Å². The molecule has 0 radical (unpaired) electrons. The number of carboxylic acid groups (broad SMARTS) is 1. The fraction of sp³-hybridized carbons (Fsp3) is 0.857. The average Bonchev–Trinajstić information content (AvgIpc) is 2.63. The number of carbonyl (C=O) groups is 3. The second kappa shape index (κ2) is 17.8. The normalized spacial score (nSPS) is 11.8. The fourth-order valence-electron chi connectivity index (χ4n) is 2.91. The molecular weight excluding hydrogens is 344 g/mol. The van der Waals surface area contributed by atoms with E-state index in [0.717, 1.165) is 44.9 Å². The Labute approximate surface area is 164 Å². The van der Waals surface area contributed by atoms with Gasteiger partial charge in [-0.15, -0.1) is 0 Å². The van der Waals surface area contributed by atoms with Gasteiger partial charge in [-0.1, -0.05) is 58.8 Å². The van der Waals surface area contributed by atoms with E-state index in [1.165, 1.54) is 19.3 Å². The summed E-state index contributed by atoms with van der Waals surface area (Å²) in [6.45, 7) is 4.83. The van der Waals surface area contributed by atoms with E-state index in [1.54, 1.807) is 0 Å². The van der Waals surface area contributed by atoms with Crippen LogP contribution < -0.4 is 10.6 Å². The van der Waals surface area contributed by atoms with Crippen LogP contribution in [0.3, 0.4) is 0 Å². The maximum absolute atomic E-state index is 11.9. The second-order valence-corrected chi connectivity index (χ2v) is 7.28. The van der Waals surface area contributed by atoms with Crippen molar-refractivity contribution in [2.75, 3.05) is 6.54 Å². The minimum absolute atomic E-state index is 0.0606. The molecule has 0 aromatic carbocycles.